The molecular weight excluding hydrogens is 398 g/mol. The Morgan fingerprint density at radius 1 is 0.966 bits per heavy atom. The van der Waals surface area contributed by atoms with Gasteiger partial charge in [-0.05, 0) is 40.0 Å². The topological polar surface area (TPSA) is 110 Å². The first-order valence-corrected chi connectivity index (χ1v) is 11.6. The van der Waals surface area contributed by atoms with E-state index in [0.717, 1.165) is 0 Å². The summed E-state index contributed by atoms with van der Waals surface area (Å²) in [5.41, 5.74) is -1.69. The number of esters is 2. The Balaban J connectivity index is 4.61. The van der Waals surface area contributed by atoms with E-state index in [-0.39, 0.29) is 31.3 Å². The first-order valence-electron chi connectivity index (χ1n) is 9.98. The highest BCUT2D eigenvalue weighted by atomic mass is 32.2. The second kappa shape index (κ2) is 10.7. The quantitative estimate of drug-likeness (QED) is 0.247. The highest BCUT2D eigenvalue weighted by molar-refractivity contribution is 7.85. The molecule has 0 spiro atoms. The highest BCUT2D eigenvalue weighted by Crippen LogP contribution is 2.35. The molecule has 0 aliphatic carbocycles. The van der Waals surface area contributed by atoms with Crippen molar-refractivity contribution in [2.45, 2.75) is 54.4 Å². The number of ether oxygens (including phenoxy) is 2. The monoisotopic (exact) mass is 437 g/mol. The van der Waals surface area contributed by atoms with Gasteiger partial charge in [-0.15, -0.1) is 0 Å². The third-order valence-corrected chi connectivity index (χ3v) is 5.41. The third kappa shape index (κ3) is 12.2. The van der Waals surface area contributed by atoms with Gasteiger partial charge in [-0.3, -0.25) is 9.59 Å². The molecule has 0 heterocycles. The maximum absolute atomic E-state index is 12.6. The van der Waals surface area contributed by atoms with E-state index in [4.69, 9.17) is 9.47 Å². The minimum Gasteiger partial charge on any atom is -0.748 e. The summed E-state index contributed by atoms with van der Waals surface area (Å²) >= 11 is 0. The molecule has 0 N–H and O–H groups in total. The molecule has 0 atom stereocenters. The van der Waals surface area contributed by atoms with Crippen LogP contribution in [-0.2, 0) is 29.2 Å². The average molecular weight is 438 g/mol. The fourth-order valence-corrected chi connectivity index (χ4v) is 3.53. The molecule has 0 aromatic carbocycles. The summed E-state index contributed by atoms with van der Waals surface area (Å²) in [6.07, 6.45) is 0.542. The molecule has 0 rings (SSSR count). The van der Waals surface area contributed by atoms with Gasteiger partial charge in [0.1, 0.15) is 13.2 Å². The molecule has 0 bridgehead atoms. The third-order valence-electron chi connectivity index (χ3n) is 4.62. The summed E-state index contributed by atoms with van der Waals surface area (Å²) in [6, 6.07) is 0. The lowest BCUT2D eigenvalue weighted by molar-refractivity contribution is -0.890. The Hall–Kier alpha value is -1.19. The van der Waals surface area contributed by atoms with E-state index in [1.807, 2.05) is 27.9 Å². The molecule has 0 saturated carbocycles. The van der Waals surface area contributed by atoms with Crippen LogP contribution in [0.25, 0.3) is 0 Å². The average Bonchev–Trinajstić information content (AvgIpc) is 2.49. The van der Waals surface area contributed by atoms with Crippen LogP contribution in [0.2, 0.25) is 0 Å². The van der Waals surface area contributed by atoms with Crippen LogP contribution in [0.5, 0.6) is 0 Å². The molecule has 0 fully saturated rings. The van der Waals surface area contributed by atoms with Crippen molar-refractivity contribution in [3.63, 3.8) is 0 Å². The Labute approximate surface area is 176 Å². The minimum absolute atomic E-state index is 0.164. The molecule has 0 saturated heterocycles. The lowest BCUT2D eigenvalue weighted by Crippen LogP contribution is -2.44. The van der Waals surface area contributed by atoms with E-state index >= 15 is 0 Å². The zero-order chi connectivity index (χ0) is 23.1. The van der Waals surface area contributed by atoms with Crippen molar-refractivity contribution in [2.24, 2.45) is 16.7 Å². The number of likely N-dealkylation sites (N-methyl/N-ethyl adjacent to an activating group) is 1. The molecular formula is C20H39NO7S. The Morgan fingerprint density at radius 3 is 1.90 bits per heavy atom. The molecule has 172 valence electrons. The van der Waals surface area contributed by atoms with Crippen molar-refractivity contribution in [3.8, 4) is 0 Å². The number of rotatable bonds is 13. The van der Waals surface area contributed by atoms with Crippen LogP contribution in [0.15, 0.2) is 0 Å². The maximum Gasteiger partial charge on any atom is 0.311 e. The van der Waals surface area contributed by atoms with Gasteiger partial charge in [0.05, 0.1) is 48.2 Å². The Kier molecular flexibility index (Phi) is 10.3. The normalized spacial score (nSPS) is 13.4. The van der Waals surface area contributed by atoms with Crippen molar-refractivity contribution in [1.29, 1.82) is 0 Å². The van der Waals surface area contributed by atoms with Crippen molar-refractivity contribution >= 4 is 22.1 Å². The minimum atomic E-state index is -4.22. The maximum atomic E-state index is 12.6. The number of quaternary nitrogens is 1. The second-order valence-corrected chi connectivity index (χ2v) is 11.6. The van der Waals surface area contributed by atoms with Crippen molar-refractivity contribution < 1.29 is 36.5 Å². The molecule has 29 heavy (non-hydrogen) atoms. The first-order chi connectivity index (χ1) is 12.9. The van der Waals surface area contributed by atoms with Crippen LogP contribution in [0.1, 0.15) is 54.4 Å². The van der Waals surface area contributed by atoms with E-state index in [1.165, 1.54) is 0 Å². The van der Waals surface area contributed by atoms with Gasteiger partial charge in [-0.1, -0.05) is 13.8 Å². The Morgan fingerprint density at radius 2 is 1.45 bits per heavy atom. The molecule has 0 aliphatic rings. The van der Waals surface area contributed by atoms with E-state index in [1.54, 1.807) is 27.7 Å². The summed E-state index contributed by atoms with van der Waals surface area (Å²) in [5, 5.41) is 0. The summed E-state index contributed by atoms with van der Waals surface area (Å²) < 4.78 is 43.3. The van der Waals surface area contributed by atoms with Crippen molar-refractivity contribution in [3.05, 3.63) is 0 Å². The predicted molar refractivity (Wildman–Crippen MR) is 110 cm³/mol. The number of nitrogens with zero attached hydrogens (tertiary/aromatic N) is 1. The molecule has 0 aromatic rings. The van der Waals surface area contributed by atoms with Crippen LogP contribution < -0.4 is 0 Å². The summed E-state index contributed by atoms with van der Waals surface area (Å²) in [5.74, 6) is -0.894. The Bertz CT molecular complexity index is 652. The predicted octanol–water partition coefficient (Wildman–Crippen LogP) is 2.18. The molecule has 0 aromatic heterocycles. The highest BCUT2D eigenvalue weighted by Gasteiger charge is 2.41. The van der Waals surface area contributed by atoms with Crippen molar-refractivity contribution in [2.75, 3.05) is 46.2 Å². The van der Waals surface area contributed by atoms with Gasteiger partial charge in [0.2, 0.25) is 0 Å². The lowest BCUT2D eigenvalue weighted by Gasteiger charge is -2.33. The molecule has 0 unspecified atom stereocenters. The van der Waals surface area contributed by atoms with E-state index in [0.29, 0.717) is 24.2 Å². The summed E-state index contributed by atoms with van der Waals surface area (Å²) in [7, 11) is -0.458. The van der Waals surface area contributed by atoms with E-state index < -0.39 is 32.7 Å². The lowest BCUT2D eigenvalue weighted by atomic mass is 9.75. The number of carbonyl (C=O) groups is 2. The van der Waals surface area contributed by atoms with Crippen LogP contribution in [-0.4, -0.2) is 75.5 Å². The van der Waals surface area contributed by atoms with Crippen LogP contribution >= 0.6 is 0 Å². The largest absolute Gasteiger partial charge is 0.748 e. The summed E-state index contributed by atoms with van der Waals surface area (Å²) in [4.78, 5) is 24.9. The number of carbonyl (C=O) groups excluding carboxylic acids is 2. The van der Waals surface area contributed by atoms with Crippen LogP contribution in [0, 0.1) is 16.7 Å². The van der Waals surface area contributed by atoms with E-state index in [2.05, 4.69) is 0 Å². The van der Waals surface area contributed by atoms with Gasteiger partial charge in [-0.2, -0.15) is 0 Å². The van der Waals surface area contributed by atoms with Gasteiger partial charge >= 0.3 is 11.9 Å². The molecule has 8 nitrogen and oxygen atoms in total. The fourth-order valence-electron chi connectivity index (χ4n) is 3.05. The SMILES string of the molecule is CC(C)COC(=O)C(C)(C)CC(C)(C)C(=O)OCC[N+](C)(C)CCCS(=O)(=O)[O-]. The standard InChI is InChI=1S/C20H39NO7S/c1-16(2)14-28-18(23)20(5,6)15-19(3,4)17(22)27-12-11-21(7,8)10-9-13-29(24,25)26/h16H,9-15H2,1-8H3. The smallest absolute Gasteiger partial charge is 0.311 e. The van der Waals surface area contributed by atoms with Gasteiger partial charge in [0.15, 0.2) is 0 Å². The zero-order valence-corrected chi connectivity index (χ0v) is 20.1. The second-order valence-electron chi connectivity index (χ2n) is 10.1. The number of hydrogen-bond acceptors (Lipinski definition) is 7. The summed E-state index contributed by atoms with van der Waals surface area (Å²) in [6.45, 7) is 12.4. The van der Waals surface area contributed by atoms with Crippen LogP contribution in [0.3, 0.4) is 0 Å². The van der Waals surface area contributed by atoms with Gasteiger partial charge in [-0.25, -0.2) is 8.42 Å². The van der Waals surface area contributed by atoms with Gasteiger partial charge in [0, 0.05) is 12.2 Å². The molecule has 0 aliphatic heterocycles. The molecule has 0 radical (unpaired) electrons. The van der Waals surface area contributed by atoms with Crippen molar-refractivity contribution in [1.82, 2.24) is 0 Å². The zero-order valence-electron chi connectivity index (χ0n) is 19.2. The molecule has 9 heteroatoms. The first kappa shape index (κ1) is 27.8. The van der Waals surface area contributed by atoms with E-state index in [9.17, 15) is 22.6 Å². The fraction of sp³-hybridized carbons (Fsp3) is 0.900. The molecule has 0 amide bonds. The van der Waals surface area contributed by atoms with Crippen LogP contribution in [0.4, 0.5) is 0 Å². The van der Waals surface area contributed by atoms with Gasteiger partial charge in [0.25, 0.3) is 0 Å². The number of hydrogen-bond donors (Lipinski definition) is 0. The van der Waals surface area contributed by atoms with Gasteiger partial charge < -0.3 is 18.5 Å².